The van der Waals surface area contributed by atoms with Crippen LogP contribution in [-0.4, -0.2) is 22.8 Å². The van der Waals surface area contributed by atoms with Crippen molar-refractivity contribution in [1.29, 1.82) is 0 Å². The topological polar surface area (TPSA) is 80.0 Å². The monoisotopic (exact) mass is 312 g/mol. The number of fused-ring (bicyclic) bond motifs is 1. The van der Waals surface area contributed by atoms with Gasteiger partial charge in [-0.15, -0.1) is 0 Å². The molecule has 6 nitrogen and oxygen atoms in total. The summed E-state index contributed by atoms with van der Waals surface area (Å²) >= 11 is 0. The molecule has 0 atom stereocenters. The van der Waals surface area contributed by atoms with Crippen molar-refractivity contribution in [2.45, 2.75) is 32.8 Å². The molecular formula is C17H20N4O2. The lowest BCUT2D eigenvalue weighted by molar-refractivity contribution is 0.0544. The van der Waals surface area contributed by atoms with Crippen LogP contribution in [0.4, 0.5) is 4.79 Å². The van der Waals surface area contributed by atoms with Crippen molar-refractivity contribution in [1.82, 2.24) is 4.57 Å². The normalized spacial score (nSPS) is 11.6. The molecule has 0 fully saturated rings. The maximum atomic E-state index is 12.2. The number of nitrogens with zero attached hydrogens (tertiary/aromatic N) is 4. The number of azide groups is 1. The van der Waals surface area contributed by atoms with E-state index in [0.717, 1.165) is 16.5 Å². The highest BCUT2D eigenvalue weighted by Crippen LogP contribution is 2.20. The smallest absolute Gasteiger partial charge is 0.418 e. The van der Waals surface area contributed by atoms with Crippen LogP contribution in [0.3, 0.4) is 0 Å². The standard InChI is InChI=1S/C17H20N4O2/c1-17(2,3)23-16(22)21-11-9-14-12-13(7-8-15(14)21)6-4-5-10-19-20-18/h4,6-9,11-12H,5,10H2,1-3H3. The highest BCUT2D eigenvalue weighted by Gasteiger charge is 2.18. The number of hydrogen-bond acceptors (Lipinski definition) is 3. The Morgan fingerprint density at radius 3 is 2.87 bits per heavy atom. The van der Waals surface area contributed by atoms with Crippen molar-refractivity contribution in [3.8, 4) is 0 Å². The van der Waals surface area contributed by atoms with Gasteiger partial charge in [0.05, 0.1) is 5.52 Å². The van der Waals surface area contributed by atoms with Gasteiger partial charge >= 0.3 is 6.09 Å². The third-order valence-corrected chi connectivity index (χ3v) is 3.07. The van der Waals surface area contributed by atoms with Gasteiger partial charge in [-0.1, -0.05) is 23.3 Å². The minimum absolute atomic E-state index is 0.384. The Morgan fingerprint density at radius 2 is 2.17 bits per heavy atom. The van der Waals surface area contributed by atoms with Crippen molar-refractivity contribution >= 4 is 23.1 Å². The van der Waals surface area contributed by atoms with Gasteiger partial charge < -0.3 is 4.74 Å². The summed E-state index contributed by atoms with van der Waals surface area (Å²) in [6.45, 7) is 5.98. The summed E-state index contributed by atoms with van der Waals surface area (Å²) in [5.74, 6) is 0. The summed E-state index contributed by atoms with van der Waals surface area (Å²) in [6.07, 6.45) is 5.96. The molecule has 120 valence electrons. The molecule has 0 N–H and O–H groups in total. The summed E-state index contributed by atoms with van der Waals surface area (Å²) in [4.78, 5) is 14.9. The Morgan fingerprint density at radius 1 is 1.39 bits per heavy atom. The first-order valence-electron chi connectivity index (χ1n) is 7.42. The summed E-state index contributed by atoms with van der Waals surface area (Å²) < 4.78 is 6.90. The van der Waals surface area contributed by atoms with Gasteiger partial charge in [-0.3, -0.25) is 4.57 Å². The van der Waals surface area contributed by atoms with Crippen LogP contribution in [0.2, 0.25) is 0 Å². The van der Waals surface area contributed by atoms with E-state index in [1.807, 2.05) is 57.2 Å². The van der Waals surface area contributed by atoms with Crippen molar-refractivity contribution in [2.24, 2.45) is 5.11 Å². The fourth-order valence-corrected chi connectivity index (χ4v) is 2.13. The zero-order valence-electron chi connectivity index (χ0n) is 13.6. The molecule has 0 aliphatic carbocycles. The molecule has 0 bridgehead atoms. The highest BCUT2D eigenvalue weighted by molar-refractivity contribution is 5.90. The first-order valence-corrected chi connectivity index (χ1v) is 7.42. The van der Waals surface area contributed by atoms with Gasteiger partial charge in [-0.2, -0.15) is 0 Å². The SMILES string of the molecule is CC(C)(C)OC(=O)n1ccc2cc(C=CCCN=[N+]=[N-])ccc21. The lowest BCUT2D eigenvalue weighted by atomic mass is 10.1. The first-order chi connectivity index (χ1) is 10.9. The summed E-state index contributed by atoms with van der Waals surface area (Å²) in [5.41, 5.74) is 9.53. The van der Waals surface area contributed by atoms with Gasteiger partial charge in [0.25, 0.3) is 0 Å². The lowest BCUT2D eigenvalue weighted by Crippen LogP contribution is -2.26. The molecule has 0 aliphatic rings. The number of carbonyl (C=O) groups excluding carboxylic acids is 1. The molecule has 23 heavy (non-hydrogen) atoms. The lowest BCUT2D eigenvalue weighted by Gasteiger charge is -2.19. The quantitative estimate of drug-likeness (QED) is 0.339. The van der Waals surface area contributed by atoms with Gasteiger partial charge in [-0.05, 0) is 56.5 Å². The molecule has 1 aromatic heterocycles. The van der Waals surface area contributed by atoms with Crippen LogP contribution in [0.5, 0.6) is 0 Å². The number of carbonyl (C=O) groups is 1. The largest absolute Gasteiger partial charge is 0.443 e. The Hall–Kier alpha value is -2.72. The van der Waals surface area contributed by atoms with E-state index >= 15 is 0 Å². The molecule has 0 unspecified atom stereocenters. The molecule has 2 aromatic rings. The van der Waals surface area contributed by atoms with Crippen LogP contribution in [0.1, 0.15) is 32.8 Å². The second-order valence-electron chi connectivity index (χ2n) is 6.13. The number of aromatic nitrogens is 1. The van der Waals surface area contributed by atoms with Crippen molar-refractivity contribution < 1.29 is 9.53 Å². The number of rotatable bonds is 4. The molecular weight excluding hydrogens is 292 g/mol. The van der Waals surface area contributed by atoms with E-state index in [1.54, 1.807) is 6.20 Å². The van der Waals surface area contributed by atoms with E-state index in [9.17, 15) is 4.79 Å². The molecule has 6 heteroatoms. The summed E-state index contributed by atoms with van der Waals surface area (Å²) in [5, 5.41) is 4.45. The average Bonchev–Trinajstić information content (AvgIpc) is 2.88. The van der Waals surface area contributed by atoms with Crippen molar-refractivity contribution in [3.63, 3.8) is 0 Å². The summed E-state index contributed by atoms with van der Waals surface area (Å²) in [6, 6.07) is 7.72. The Kier molecular flexibility index (Phi) is 5.09. The molecule has 1 aromatic carbocycles. The van der Waals surface area contributed by atoms with Crippen LogP contribution in [0, 0.1) is 0 Å². The molecule has 0 spiro atoms. The Bertz CT molecular complexity index is 777. The molecule has 0 saturated heterocycles. The van der Waals surface area contributed by atoms with E-state index in [4.69, 9.17) is 10.3 Å². The summed E-state index contributed by atoms with van der Waals surface area (Å²) in [7, 11) is 0. The Labute approximate surface area is 135 Å². The van der Waals surface area contributed by atoms with Gasteiger partial charge in [0.2, 0.25) is 0 Å². The van der Waals surface area contributed by atoms with Gasteiger partial charge in [0, 0.05) is 23.0 Å². The van der Waals surface area contributed by atoms with Gasteiger partial charge in [0.1, 0.15) is 5.60 Å². The molecule has 0 saturated carbocycles. The van der Waals surface area contributed by atoms with Crippen LogP contribution in [-0.2, 0) is 4.74 Å². The van der Waals surface area contributed by atoms with Crippen molar-refractivity contribution in [3.05, 3.63) is 52.5 Å². The number of benzene rings is 1. The van der Waals surface area contributed by atoms with Crippen LogP contribution in [0.25, 0.3) is 27.4 Å². The second kappa shape index (κ2) is 7.03. The Balaban J connectivity index is 2.17. The third-order valence-electron chi connectivity index (χ3n) is 3.07. The van der Waals surface area contributed by atoms with Crippen LogP contribution >= 0.6 is 0 Å². The van der Waals surface area contributed by atoms with E-state index in [2.05, 4.69) is 10.0 Å². The predicted octanol–water partition coefficient (Wildman–Crippen LogP) is 5.14. The maximum Gasteiger partial charge on any atom is 0.418 e. The van der Waals surface area contributed by atoms with Crippen molar-refractivity contribution in [2.75, 3.05) is 6.54 Å². The number of ether oxygens (including phenoxy) is 1. The van der Waals surface area contributed by atoms with Crippen LogP contribution < -0.4 is 0 Å². The van der Waals surface area contributed by atoms with Gasteiger partial charge in [-0.25, -0.2) is 4.79 Å². The number of hydrogen-bond donors (Lipinski definition) is 0. The third kappa shape index (κ3) is 4.63. The average molecular weight is 312 g/mol. The fourth-order valence-electron chi connectivity index (χ4n) is 2.13. The van der Waals surface area contributed by atoms with E-state index < -0.39 is 5.60 Å². The van der Waals surface area contributed by atoms with Crippen LogP contribution in [0.15, 0.2) is 41.7 Å². The van der Waals surface area contributed by atoms with Gasteiger partial charge in [0.15, 0.2) is 0 Å². The fraction of sp³-hybridized carbons (Fsp3) is 0.353. The highest BCUT2D eigenvalue weighted by atomic mass is 16.6. The molecule has 0 aliphatic heterocycles. The minimum atomic E-state index is -0.526. The predicted molar refractivity (Wildman–Crippen MR) is 91.2 cm³/mol. The zero-order chi connectivity index (χ0) is 16.9. The maximum absolute atomic E-state index is 12.2. The minimum Gasteiger partial charge on any atom is -0.443 e. The van der Waals surface area contributed by atoms with E-state index in [0.29, 0.717) is 13.0 Å². The van der Waals surface area contributed by atoms with E-state index in [1.165, 1.54) is 4.57 Å². The second-order valence-corrected chi connectivity index (χ2v) is 6.13. The first kappa shape index (κ1) is 16.6. The molecule has 0 radical (unpaired) electrons. The molecule has 2 rings (SSSR count). The molecule has 0 amide bonds. The zero-order valence-corrected chi connectivity index (χ0v) is 13.6. The van der Waals surface area contributed by atoms with E-state index in [-0.39, 0.29) is 6.09 Å². The molecule has 1 heterocycles.